The Balaban J connectivity index is 1.12. The van der Waals surface area contributed by atoms with Crippen LogP contribution in [0.5, 0.6) is 0 Å². The van der Waals surface area contributed by atoms with Crippen LogP contribution in [0.25, 0.3) is 0 Å². The first-order valence-electron chi connectivity index (χ1n) is 48.4. The molecule has 133 heavy (non-hydrogen) atoms. The summed E-state index contributed by atoms with van der Waals surface area (Å²) in [6.07, 6.45) is 0.849. The van der Waals surface area contributed by atoms with Crippen molar-refractivity contribution in [2.75, 3.05) is 119 Å². The summed E-state index contributed by atoms with van der Waals surface area (Å²) in [5, 5.41) is 108. The number of ketones is 5. The quantitative estimate of drug-likeness (QED) is 0.0307. The van der Waals surface area contributed by atoms with Crippen molar-refractivity contribution in [2.24, 2.45) is 5.41 Å². The van der Waals surface area contributed by atoms with E-state index in [1.54, 1.807) is 4.90 Å². The van der Waals surface area contributed by atoms with Crippen LogP contribution in [0.4, 0.5) is 0 Å². The summed E-state index contributed by atoms with van der Waals surface area (Å²) in [5.41, 5.74) is -1.15. The van der Waals surface area contributed by atoms with Gasteiger partial charge >= 0.3 is 7.82 Å². The average molecular weight is 1930 g/mol. The van der Waals surface area contributed by atoms with E-state index < -0.39 is 149 Å². The van der Waals surface area contributed by atoms with E-state index in [0.29, 0.717) is 148 Å². The molecule has 5 fully saturated rings. The number of likely N-dealkylation sites (tertiary alicyclic amines) is 1. The van der Waals surface area contributed by atoms with Gasteiger partial charge in [0.15, 0.2) is 18.9 Å². The van der Waals surface area contributed by atoms with E-state index in [-0.39, 0.29) is 208 Å². The highest BCUT2D eigenvalue weighted by Crippen LogP contribution is 2.46. The molecule has 16 N–H and O–H groups in total. The lowest BCUT2D eigenvalue weighted by Crippen LogP contribution is -2.64. The molecule has 0 bridgehead atoms. The summed E-state index contributed by atoms with van der Waals surface area (Å²) >= 11 is 0. The van der Waals surface area contributed by atoms with E-state index in [1.807, 2.05) is 13.8 Å². The lowest BCUT2D eigenvalue weighted by atomic mass is 9.83. The number of phosphoric ester groups is 1. The first kappa shape index (κ1) is 118. The zero-order valence-electron chi connectivity index (χ0n) is 79.0. The lowest BCUT2D eigenvalue weighted by molar-refractivity contribution is -0.270. The van der Waals surface area contributed by atoms with Crippen LogP contribution < -0.4 is 31.9 Å². The zero-order chi connectivity index (χ0) is 97.5. The number of carbonyl (C=O) groups is 11. The molecule has 41 nitrogen and oxygen atoms in total. The first-order valence-corrected chi connectivity index (χ1v) is 49.9. The lowest BCUT2D eigenvalue weighted by Gasteiger charge is -2.42. The Morgan fingerprint density at radius 1 is 0.444 bits per heavy atom. The molecule has 0 spiro atoms. The molecule has 20 atom stereocenters. The molecule has 5 rings (SSSR count). The van der Waals surface area contributed by atoms with Crippen molar-refractivity contribution in [2.45, 2.75) is 388 Å². The maximum atomic E-state index is 14.3. The molecule has 5 saturated heterocycles. The number of hydrogen-bond acceptors (Lipinski definition) is 34. The van der Waals surface area contributed by atoms with E-state index in [9.17, 15) is 108 Å². The SMILES string of the molecule is CC(=O)NC1[C@H](OCCCCC(=O)CCCCCC(=O)CCOCC(COCCC(=O)CCCCNC(=O)CCCCO[C@@H]2OC(CO)[C@H](O)[C@H](O)C2NC(C)=O)(COCCC(=O)NCCCCC(=O)CCCCO[C@@H]2OC(CO)[C@H](O)[C@H](O)C2NC(C)=O)CC(=O)CCCCCCCCCCC(=O)N2CCCC2COP(=O)(O)OC2CNC(COC(C)C)C2)OC(CO)[C@H](O)[C@@H]1O. The maximum Gasteiger partial charge on any atom is 0.472 e. The number of hydrogen-bond donors (Lipinski definition) is 16. The summed E-state index contributed by atoms with van der Waals surface area (Å²) in [7, 11) is -4.38. The fourth-order valence-electron chi connectivity index (χ4n) is 16.5. The van der Waals surface area contributed by atoms with Crippen molar-refractivity contribution in [3.05, 3.63) is 0 Å². The van der Waals surface area contributed by atoms with Gasteiger partial charge in [-0.15, -0.1) is 0 Å². The Hall–Kier alpha value is -5.52. The molecule has 0 radical (unpaired) electrons. The minimum atomic E-state index is -4.38. The predicted octanol–water partition coefficient (Wildman–Crippen LogP) is 2.52. The topological polar surface area (TPSA) is 593 Å². The minimum absolute atomic E-state index is 0.00130. The largest absolute Gasteiger partial charge is 0.472 e. The van der Waals surface area contributed by atoms with Gasteiger partial charge in [-0.05, 0) is 123 Å². The number of nitrogens with one attached hydrogen (secondary N) is 6. The van der Waals surface area contributed by atoms with Gasteiger partial charge in [-0.25, -0.2) is 4.57 Å². The number of ether oxygens (including phenoxy) is 10. The van der Waals surface area contributed by atoms with Gasteiger partial charge in [-0.1, -0.05) is 44.9 Å². The fourth-order valence-corrected chi connectivity index (χ4v) is 17.5. The van der Waals surface area contributed by atoms with Crippen LogP contribution in [-0.4, -0.2) is 355 Å². The van der Waals surface area contributed by atoms with Crippen molar-refractivity contribution in [3.8, 4) is 0 Å². The van der Waals surface area contributed by atoms with E-state index in [0.717, 1.165) is 44.9 Å². The molecule has 11 unspecified atom stereocenters. The fraction of sp³-hybridized carbons (Fsp3) is 0.879. The normalized spacial score (nSPS) is 25.8. The van der Waals surface area contributed by atoms with Crippen molar-refractivity contribution in [1.29, 1.82) is 0 Å². The molecule has 5 aliphatic rings. The maximum absolute atomic E-state index is 14.3. The molecule has 5 heterocycles. The van der Waals surface area contributed by atoms with Gasteiger partial charge in [0.2, 0.25) is 35.4 Å². The average Bonchev–Trinajstić information content (AvgIpc) is 1.33. The van der Waals surface area contributed by atoms with Crippen molar-refractivity contribution >= 4 is 72.2 Å². The van der Waals surface area contributed by atoms with Crippen molar-refractivity contribution in [3.63, 3.8) is 0 Å². The van der Waals surface area contributed by atoms with Crippen LogP contribution in [0.1, 0.15) is 272 Å². The molecule has 5 aliphatic heterocycles. The molecular formula is C91H160N7O34P. The van der Waals surface area contributed by atoms with Gasteiger partial charge < -0.3 is 135 Å². The Labute approximate surface area is 782 Å². The Morgan fingerprint density at radius 2 is 0.805 bits per heavy atom. The number of aliphatic hydroxyl groups excluding tert-OH is 9. The smallest absolute Gasteiger partial charge is 0.394 e. The van der Waals surface area contributed by atoms with Crippen molar-refractivity contribution in [1.82, 2.24) is 36.8 Å². The molecule has 6 amide bonds. The number of rotatable bonds is 76. The highest BCUT2D eigenvalue weighted by Gasteiger charge is 2.49. The number of phosphoric acid groups is 1. The second kappa shape index (κ2) is 66.9. The third-order valence-electron chi connectivity index (χ3n) is 24.1. The van der Waals surface area contributed by atoms with Crippen LogP contribution >= 0.6 is 7.82 Å². The molecule has 0 aromatic heterocycles. The van der Waals surface area contributed by atoms with E-state index in [2.05, 4.69) is 31.9 Å². The van der Waals surface area contributed by atoms with E-state index in [4.69, 9.17) is 56.4 Å². The predicted molar refractivity (Wildman–Crippen MR) is 480 cm³/mol. The Bertz CT molecular complexity index is 3190. The van der Waals surface area contributed by atoms with Crippen molar-refractivity contribution < 1.29 is 165 Å². The van der Waals surface area contributed by atoms with Gasteiger partial charge in [0, 0.05) is 162 Å². The van der Waals surface area contributed by atoms with Gasteiger partial charge in [0.25, 0.3) is 0 Å². The molecular weight excluding hydrogens is 1770 g/mol. The highest BCUT2D eigenvalue weighted by atomic mass is 31.2. The molecule has 0 aromatic rings. The third-order valence-corrected chi connectivity index (χ3v) is 25.1. The van der Waals surface area contributed by atoms with Crippen LogP contribution in [0.2, 0.25) is 0 Å². The van der Waals surface area contributed by atoms with Gasteiger partial charge in [-0.2, -0.15) is 0 Å². The molecule has 0 aromatic carbocycles. The number of Topliss-reactive ketones (excluding diaryl/α,β-unsaturated/α-hetero) is 5. The van der Waals surface area contributed by atoms with Crippen LogP contribution in [-0.2, 0) is 114 Å². The molecule has 42 heteroatoms. The Morgan fingerprint density at radius 3 is 1.22 bits per heavy atom. The first-order chi connectivity index (χ1) is 63.7. The summed E-state index contributed by atoms with van der Waals surface area (Å²) < 4.78 is 82.4. The van der Waals surface area contributed by atoms with E-state index >= 15 is 0 Å². The number of unbranched alkanes of at least 4 members (excludes halogenated alkanes) is 14. The highest BCUT2D eigenvalue weighted by molar-refractivity contribution is 7.47. The summed E-state index contributed by atoms with van der Waals surface area (Å²) in [5.74, 6) is -2.27. The number of nitrogens with zero attached hydrogens (tertiary/aromatic N) is 1. The Kier molecular flexibility index (Phi) is 59.4. The van der Waals surface area contributed by atoms with Crippen LogP contribution in [0, 0.1) is 5.41 Å². The van der Waals surface area contributed by atoms with Gasteiger partial charge in [0.05, 0.1) is 90.9 Å². The van der Waals surface area contributed by atoms with E-state index in [1.165, 1.54) is 20.8 Å². The second-order valence-corrected chi connectivity index (χ2v) is 37.6. The second-order valence-electron chi connectivity index (χ2n) is 36.2. The monoisotopic (exact) mass is 1930 g/mol. The van der Waals surface area contributed by atoms with Crippen LogP contribution in [0.3, 0.4) is 0 Å². The number of aliphatic hydroxyl groups is 9. The van der Waals surface area contributed by atoms with Crippen LogP contribution in [0.15, 0.2) is 0 Å². The minimum Gasteiger partial charge on any atom is -0.394 e. The van der Waals surface area contributed by atoms with Gasteiger partial charge in [0.1, 0.15) is 102 Å². The summed E-state index contributed by atoms with van der Waals surface area (Å²) in [4.78, 5) is 154. The molecule has 0 aliphatic carbocycles. The molecule has 0 saturated carbocycles. The summed E-state index contributed by atoms with van der Waals surface area (Å²) in [6.45, 7) is 7.60. The van der Waals surface area contributed by atoms with Gasteiger partial charge in [-0.3, -0.25) is 61.8 Å². The standard InChI is InChI=1S/C91H160N7O34P/c1-61(2)127-56-65-50-72(52-94-65)132-133(119,120)128-57-66-28-27-43-98(66)78(112)37-16-11-9-7-6-8-10-13-35-71(109)51-91(58-121-47-38-69(107)30-15-12-14-29-67(105)33-19-24-44-124-88-79(95-62(3)102)85(116)82(113)73(53-99)129-88,59-122-48-39-70(108)32-18-23-41-92-76(110)36-21-26-46-126-90-81(97-64(5)104)87(118)84(115)75(55-101)131-90)60-123-49-40-77(111)93-42-22-17-31-68(106)34-20-25-45-125-89-80(96-63(4)103)86(117)83(114)74(54-100)130-89/h61,65-66,72-75,79-90,94,99-101,113-118H,6-60H2,1-5H3,(H,92,110)(H,93,111)(H,95,102)(H,96,103)(H,97,104)(H,119,120)/t65?,66?,72?,73?,74?,75?,79?,80?,81?,82-,83-,84-,85+,86+,87+,88+,89+,90+,91?/m0/s1. The summed E-state index contributed by atoms with van der Waals surface area (Å²) in [6, 6.07) is -3.59. The molecule has 768 valence electrons. The number of carbonyl (C=O) groups excluding carboxylic acids is 11. The number of amides is 6. The zero-order valence-corrected chi connectivity index (χ0v) is 79.9. The third kappa shape index (κ3) is 48.3.